The molecule has 2 aliphatic rings. The number of hydrazine groups is 1. The first-order valence-corrected chi connectivity index (χ1v) is 11.7. The van der Waals surface area contributed by atoms with Crippen LogP contribution < -0.4 is 16.1 Å². The maximum Gasteiger partial charge on any atom is 0.344 e. The fourth-order valence-corrected chi connectivity index (χ4v) is 4.54. The Morgan fingerprint density at radius 3 is 2.58 bits per heavy atom. The molecule has 0 bridgehead atoms. The number of nitrogens with zero attached hydrogens (tertiary/aromatic N) is 1. The van der Waals surface area contributed by atoms with Crippen molar-refractivity contribution in [1.29, 1.82) is 0 Å². The van der Waals surface area contributed by atoms with Crippen LogP contribution in [0.2, 0.25) is 0 Å². The van der Waals surface area contributed by atoms with Crippen molar-refractivity contribution in [2.75, 3.05) is 6.54 Å². The molecule has 2 unspecified atom stereocenters. The molecular formula is C26H32N4O3. The third-order valence-corrected chi connectivity index (χ3v) is 6.70. The van der Waals surface area contributed by atoms with E-state index >= 15 is 0 Å². The van der Waals surface area contributed by atoms with Crippen molar-refractivity contribution < 1.29 is 14.4 Å². The summed E-state index contributed by atoms with van der Waals surface area (Å²) >= 11 is 0. The summed E-state index contributed by atoms with van der Waals surface area (Å²) in [5.74, 6) is -0.880. The van der Waals surface area contributed by atoms with E-state index in [1.54, 1.807) is 6.92 Å². The molecule has 1 heterocycles. The molecule has 1 aliphatic heterocycles. The summed E-state index contributed by atoms with van der Waals surface area (Å²) in [4.78, 5) is 37.8. The molecule has 7 heteroatoms. The number of hydrogen-bond donors (Lipinski definition) is 3. The van der Waals surface area contributed by atoms with Gasteiger partial charge >= 0.3 is 6.03 Å². The van der Waals surface area contributed by atoms with Gasteiger partial charge in [0.05, 0.1) is 6.54 Å². The van der Waals surface area contributed by atoms with Crippen molar-refractivity contribution in [2.45, 2.75) is 64.0 Å². The Kier molecular flexibility index (Phi) is 6.79. The van der Waals surface area contributed by atoms with Gasteiger partial charge in [-0.25, -0.2) is 4.79 Å². The number of hydrogen-bond acceptors (Lipinski definition) is 4. The zero-order chi connectivity index (χ0) is 23.4. The predicted octanol–water partition coefficient (Wildman–Crippen LogP) is 3.19. The van der Waals surface area contributed by atoms with Crippen LogP contribution in [0.25, 0.3) is 0 Å². The molecule has 0 aromatic heterocycles. The van der Waals surface area contributed by atoms with Crippen molar-refractivity contribution in [1.82, 2.24) is 21.1 Å². The van der Waals surface area contributed by atoms with Gasteiger partial charge in [-0.2, -0.15) is 5.01 Å². The molecule has 2 aromatic carbocycles. The lowest BCUT2D eigenvalue weighted by Crippen LogP contribution is -2.51. The van der Waals surface area contributed by atoms with E-state index in [4.69, 9.17) is 0 Å². The van der Waals surface area contributed by atoms with E-state index in [1.165, 1.54) is 24.0 Å². The third-order valence-electron chi connectivity index (χ3n) is 6.70. The molecule has 4 rings (SSSR count). The van der Waals surface area contributed by atoms with Gasteiger partial charge in [0, 0.05) is 6.04 Å². The average Bonchev–Trinajstić information content (AvgIpc) is 3.04. The summed E-state index contributed by atoms with van der Waals surface area (Å²) in [5, 5.41) is 6.73. The van der Waals surface area contributed by atoms with Gasteiger partial charge in [0.25, 0.3) is 11.8 Å². The van der Waals surface area contributed by atoms with Gasteiger partial charge in [-0.1, -0.05) is 48.5 Å². The van der Waals surface area contributed by atoms with Crippen molar-refractivity contribution in [3.63, 3.8) is 0 Å². The number of amides is 4. The Morgan fingerprint density at radius 2 is 1.82 bits per heavy atom. The number of nitrogens with one attached hydrogen (secondary N) is 3. The lowest BCUT2D eigenvalue weighted by molar-refractivity contribution is -0.138. The fraction of sp³-hybridized carbons (Fsp3) is 0.423. The van der Waals surface area contributed by atoms with E-state index < -0.39 is 23.4 Å². The van der Waals surface area contributed by atoms with Crippen LogP contribution in [0.15, 0.2) is 48.5 Å². The first kappa shape index (κ1) is 23.0. The molecular weight excluding hydrogens is 416 g/mol. The Morgan fingerprint density at radius 1 is 1.09 bits per heavy atom. The molecule has 4 amide bonds. The smallest absolute Gasteiger partial charge is 0.322 e. The number of benzene rings is 2. The molecule has 1 aliphatic carbocycles. The number of imide groups is 1. The first-order valence-electron chi connectivity index (χ1n) is 11.7. The summed E-state index contributed by atoms with van der Waals surface area (Å²) in [6.45, 7) is 3.70. The largest absolute Gasteiger partial charge is 0.344 e. The second-order valence-electron chi connectivity index (χ2n) is 9.26. The molecule has 2 atom stereocenters. The SMILES string of the molecule is CC(NCC(=O)NN1C(=O)NC(C)(CCc2ccccc2)C1=O)c1ccc2c(c1)CCCC2. The summed E-state index contributed by atoms with van der Waals surface area (Å²) < 4.78 is 0. The highest BCUT2D eigenvalue weighted by molar-refractivity contribution is 6.07. The van der Waals surface area contributed by atoms with E-state index in [1.807, 2.05) is 37.3 Å². The molecule has 174 valence electrons. The maximum atomic E-state index is 12.9. The zero-order valence-corrected chi connectivity index (χ0v) is 19.3. The number of carbonyl (C=O) groups excluding carboxylic acids is 3. The minimum Gasteiger partial charge on any atom is -0.322 e. The van der Waals surface area contributed by atoms with Gasteiger partial charge in [0.2, 0.25) is 0 Å². The maximum absolute atomic E-state index is 12.9. The molecule has 2 aromatic rings. The molecule has 0 radical (unpaired) electrons. The normalized spacial score (nSPS) is 20.8. The molecule has 1 saturated heterocycles. The van der Waals surface area contributed by atoms with Crippen LogP contribution in [0, 0.1) is 0 Å². The molecule has 33 heavy (non-hydrogen) atoms. The van der Waals surface area contributed by atoms with Crippen LogP contribution in [0.5, 0.6) is 0 Å². The topological polar surface area (TPSA) is 90.5 Å². The van der Waals surface area contributed by atoms with Crippen LogP contribution >= 0.6 is 0 Å². The van der Waals surface area contributed by atoms with Crippen LogP contribution in [0.1, 0.15) is 61.4 Å². The second-order valence-corrected chi connectivity index (χ2v) is 9.26. The van der Waals surface area contributed by atoms with Crippen molar-refractivity contribution in [2.24, 2.45) is 0 Å². The average molecular weight is 449 g/mol. The van der Waals surface area contributed by atoms with E-state index in [-0.39, 0.29) is 12.6 Å². The van der Waals surface area contributed by atoms with E-state index in [9.17, 15) is 14.4 Å². The Hall–Kier alpha value is -3.19. The predicted molar refractivity (Wildman–Crippen MR) is 126 cm³/mol. The van der Waals surface area contributed by atoms with Gasteiger partial charge in [-0.3, -0.25) is 15.0 Å². The van der Waals surface area contributed by atoms with E-state index in [0.29, 0.717) is 12.8 Å². The Balaban J connectivity index is 1.29. The Bertz CT molecular complexity index is 1040. The molecule has 3 N–H and O–H groups in total. The van der Waals surface area contributed by atoms with Crippen LogP contribution in [0.3, 0.4) is 0 Å². The minimum atomic E-state index is -1.05. The summed E-state index contributed by atoms with van der Waals surface area (Å²) in [6, 6.07) is 15.7. The third kappa shape index (κ3) is 5.25. The lowest BCUT2D eigenvalue weighted by atomic mass is 9.89. The monoisotopic (exact) mass is 448 g/mol. The van der Waals surface area contributed by atoms with E-state index in [2.05, 4.69) is 34.3 Å². The van der Waals surface area contributed by atoms with Gasteiger partial charge < -0.3 is 10.6 Å². The highest BCUT2D eigenvalue weighted by Crippen LogP contribution is 2.25. The summed E-state index contributed by atoms with van der Waals surface area (Å²) in [6.07, 6.45) is 5.79. The Labute approximate surface area is 194 Å². The van der Waals surface area contributed by atoms with Crippen molar-refractivity contribution >= 4 is 17.8 Å². The number of urea groups is 1. The summed E-state index contributed by atoms with van der Waals surface area (Å²) in [5.41, 5.74) is 6.44. The van der Waals surface area contributed by atoms with Crippen molar-refractivity contribution in [3.05, 3.63) is 70.8 Å². The van der Waals surface area contributed by atoms with Gasteiger partial charge in [0.1, 0.15) is 5.54 Å². The quantitative estimate of drug-likeness (QED) is 0.541. The van der Waals surface area contributed by atoms with Gasteiger partial charge in [0.15, 0.2) is 0 Å². The molecule has 0 saturated carbocycles. The fourth-order valence-electron chi connectivity index (χ4n) is 4.54. The number of aryl methyl sites for hydroxylation is 3. The lowest BCUT2D eigenvalue weighted by Gasteiger charge is -2.22. The van der Waals surface area contributed by atoms with Crippen LogP contribution in [-0.4, -0.2) is 34.9 Å². The molecule has 0 spiro atoms. The van der Waals surface area contributed by atoms with Crippen molar-refractivity contribution in [3.8, 4) is 0 Å². The molecule has 7 nitrogen and oxygen atoms in total. The van der Waals surface area contributed by atoms with E-state index in [0.717, 1.165) is 29.0 Å². The summed E-state index contributed by atoms with van der Waals surface area (Å²) in [7, 11) is 0. The highest BCUT2D eigenvalue weighted by Gasteiger charge is 2.48. The standard InChI is InChI=1S/C26H32N4O3/c1-18(21-13-12-20-10-6-7-11-22(20)16-21)27-17-23(31)29-30-24(32)26(2,28-25(30)33)15-14-19-8-4-3-5-9-19/h3-5,8-9,12-13,16,18,27H,6-7,10-11,14-15,17H2,1-2H3,(H,28,33)(H,29,31). The first-order chi connectivity index (χ1) is 15.9. The highest BCUT2D eigenvalue weighted by atomic mass is 16.2. The number of rotatable bonds is 8. The second kappa shape index (κ2) is 9.75. The van der Waals surface area contributed by atoms with Crippen LogP contribution in [-0.2, 0) is 28.9 Å². The van der Waals surface area contributed by atoms with Gasteiger partial charge in [-0.15, -0.1) is 0 Å². The number of carbonyl (C=O) groups is 3. The van der Waals surface area contributed by atoms with Gasteiger partial charge in [-0.05, 0) is 74.6 Å². The zero-order valence-electron chi connectivity index (χ0n) is 19.3. The number of fused-ring (bicyclic) bond motifs is 1. The molecule has 1 fully saturated rings. The van der Waals surface area contributed by atoms with Crippen LogP contribution in [0.4, 0.5) is 4.79 Å². The minimum absolute atomic E-state index is 0.00393.